The summed E-state index contributed by atoms with van der Waals surface area (Å²) in [5.74, 6) is -0.997. The number of amides is 2. The van der Waals surface area contributed by atoms with Gasteiger partial charge in [-0.2, -0.15) is 0 Å². The number of carbonyl (C=O) groups is 2. The minimum Gasteiger partial charge on any atom is -0.352 e. The first-order chi connectivity index (χ1) is 20.0. The third-order valence-corrected chi connectivity index (χ3v) is 10.3. The molecule has 0 unspecified atom stereocenters. The molecule has 3 aromatic carbocycles. The number of benzene rings is 3. The highest BCUT2D eigenvalue weighted by atomic mass is 35.5. The van der Waals surface area contributed by atoms with Crippen LogP contribution in [0, 0.1) is 0 Å². The molecule has 1 saturated carbocycles. The minimum atomic E-state index is -4.27. The summed E-state index contributed by atoms with van der Waals surface area (Å²) in [6, 6.07) is 16.0. The Labute approximate surface area is 266 Å². The zero-order valence-electron chi connectivity index (χ0n) is 22.9. The van der Waals surface area contributed by atoms with Gasteiger partial charge in [0.25, 0.3) is 10.0 Å². The fraction of sp³-hybridized carbons (Fsp3) is 0.333. The molecule has 1 aliphatic rings. The molecule has 224 valence electrons. The molecule has 42 heavy (non-hydrogen) atoms. The third kappa shape index (κ3) is 7.71. The van der Waals surface area contributed by atoms with Crippen molar-refractivity contribution in [1.29, 1.82) is 0 Å². The molecule has 0 aromatic heterocycles. The average Bonchev–Trinajstić information content (AvgIpc) is 2.96. The van der Waals surface area contributed by atoms with E-state index in [-0.39, 0.29) is 34.1 Å². The number of carbonyl (C=O) groups excluding carboxylic acids is 2. The summed E-state index contributed by atoms with van der Waals surface area (Å²) in [5.41, 5.74) is 0.502. The van der Waals surface area contributed by atoms with Crippen LogP contribution in [0.25, 0.3) is 0 Å². The van der Waals surface area contributed by atoms with Gasteiger partial charge >= 0.3 is 0 Å². The molecule has 4 rings (SSSR count). The van der Waals surface area contributed by atoms with E-state index in [1.165, 1.54) is 35.2 Å². The molecule has 0 spiro atoms. The van der Waals surface area contributed by atoms with Crippen LogP contribution in [0.15, 0.2) is 71.6 Å². The number of halogens is 4. The summed E-state index contributed by atoms with van der Waals surface area (Å²) in [5, 5.41) is 4.03. The lowest BCUT2D eigenvalue weighted by Gasteiger charge is -2.33. The number of sulfonamides is 1. The fourth-order valence-corrected chi connectivity index (χ4v) is 7.45. The fourth-order valence-electron chi connectivity index (χ4n) is 4.92. The summed E-state index contributed by atoms with van der Waals surface area (Å²) in [7, 11) is -4.27. The number of hydrogen-bond donors (Lipinski definition) is 1. The van der Waals surface area contributed by atoms with Crippen LogP contribution in [0.1, 0.15) is 44.6 Å². The van der Waals surface area contributed by atoms with Gasteiger partial charge in [0.15, 0.2) is 0 Å². The molecular weight excluding hydrogens is 640 g/mol. The average molecular weight is 671 g/mol. The molecule has 1 atom stereocenters. The smallest absolute Gasteiger partial charge is 0.264 e. The van der Waals surface area contributed by atoms with Crippen LogP contribution < -0.4 is 9.62 Å². The third-order valence-electron chi connectivity index (χ3n) is 7.30. The Balaban J connectivity index is 1.72. The van der Waals surface area contributed by atoms with Gasteiger partial charge in [0.05, 0.1) is 15.6 Å². The second-order valence-electron chi connectivity index (χ2n) is 10.2. The highest BCUT2D eigenvalue weighted by Gasteiger charge is 2.34. The molecule has 7 nitrogen and oxygen atoms in total. The summed E-state index contributed by atoms with van der Waals surface area (Å²) in [4.78, 5) is 28.8. The van der Waals surface area contributed by atoms with Crippen molar-refractivity contribution in [3.05, 3.63) is 92.4 Å². The highest BCUT2D eigenvalue weighted by molar-refractivity contribution is 7.92. The lowest BCUT2D eigenvalue weighted by Crippen LogP contribution is -2.53. The molecule has 0 saturated heterocycles. The van der Waals surface area contributed by atoms with Crippen molar-refractivity contribution < 1.29 is 18.0 Å². The SMILES string of the molecule is C[C@@H](C(=O)NC1CCCCC1)N(Cc1c(Cl)cccc1Cl)C(=O)CN(c1ccc(Cl)cc1Cl)S(=O)(=O)c1ccccc1. The number of nitrogens with zero attached hydrogens (tertiary/aromatic N) is 2. The first-order valence-electron chi connectivity index (χ1n) is 13.5. The molecule has 3 aromatic rings. The Morgan fingerprint density at radius 1 is 0.881 bits per heavy atom. The Morgan fingerprint density at radius 3 is 2.14 bits per heavy atom. The lowest BCUT2D eigenvalue weighted by atomic mass is 9.95. The summed E-state index contributed by atoms with van der Waals surface area (Å²) < 4.78 is 28.7. The largest absolute Gasteiger partial charge is 0.352 e. The van der Waals surface area contributed by atoms with Gasteiger partial charge in [-0.05, 0) is 62.2 Å². The maximum atomic E-state index is 14.1. The van der Waals surface area contributed by atoms with E-state index in [1.807, 2.05) is 0 Å². The van der Waals surface area contributed by atoms with Crippen molar-refractivity contribution in [1.82, 2.24) is 10.2 Å². The lowest BCUT2D eigenvalue weighted by molar-refractivity contribution is -0.139. The van der Waals surface area contributed by atoms with Crippen molar-refractivity contribution in [3.8, 4) is 0 Å². The number of hydrogen-bond acceptors (Lipinski definition) is 4. The zero-order valence-corrected chi connectivity index (χ0v) is 26.7. The maximum Gasteiger partial charge on any atom is 0.264 e. The first-order valence-corrected chi connectivity index (χ1v) is 16.5. The molecule has 2 amide bonds. The maximum absolute atomic E-state index is 14.1. The van der Waals surface area contributed by atoms with E-state index in [0.717, 1.165) is 36.4 Å². The second-order valence-corrected chi connectivity index (χ2v) is 13.7. The number of rotatable bonds is 10. The number of anilines is 1. The highest BCUT2D eigenvalue weighted by Crippen LogP contribution is 2.33. The van der Waals surface area contributed by atoms with Crippen molar-refractivity contribution >= 4 is 73.9 Å². The Kier molecular flexibility index (Phi) is 11.1. The van der Waals surface area contributed by atoms with E-state index >= 15 is 0 Å². The van der Waals surface area contributed by atoms with Crippen molar-refractivity contribution in [3.63, 3.8) is 0 Å². The van der Waals surface area contributed by atoms with Gasteiger partial charge in [0.1, 0.15) is 12.6 Å². The van der Waals surface area contributed by atoms with Crippen LogP contribution >= 0.6 is 46.4 Å². The molecule has 0 bridgehead atoms. The molecule has 1 N–H and O–H groups in total. The molecule has 0 aliphatic heterocycles. The molecule has 12 heteroatoms. The van der Waals surface area contributed by atoms with Gasteiger partial charge < -0.3 is 10.2 Å². The summed E-state index contributed by atoms with van der Waals surface area (Å²) in [6.07, 6.45) is 4.88. The van der Waals surface area contributed by atoms with Gasteiger partial charge in [-0.25, -0.2) is 8.42 Å². The van der Waals surface area contributed by atoms with E-state index in [0.29, 0.717) is 20.6 Å². The quantitative estimate of drug-likeness (QED) is 0.244. The predicted molar refractivity (Wildman–Crippen MR) is 169 cm³/mol. The van der Waals surface area contributed by atoms with Gasteiger partial charge in [0, 0.05) is 33.2 Å². The van der Waals surface area contributed by atoms with Crippen LogP contribution in [-0.2, 0) is 26.2 Å². The van der Waals surface area contributed by atoms with Crippen molar-refractivity contribution in [2.45, 2.75) is 62.6 Å². The van der Waals surface area contributed by atoms with Gasteiger partial charge in [-0.15, -0.1) is 0 Å². The van der Waals surface area contributed by atoms with Crippen LogP contribution in [0.5, 0.6) is 0 Å². The van der Waals surface area contributed by atoms with Gasteiger partial charge in [-0.3, -0.25) is 13.9 Å². The topological polar surface area (TPSA) is 86.8 Å². The van der Waals surface area contributed by atoms with Gasteiger partial charge in [-0.1, -0.05) is 89.9 Å². The molecule has 0 radical (unpaired) electrons. The van der Waals surface area contributed by atoms with E-state index < -0.39 is 28.5 Å². The van der Waals surface area contributed by atoms with Crippen LogP contribution in [0.2, 0.25) is 20.1 Å². The van der Waals surface area contributed by atoms with Crippen LogP contribution in [0.4, 0.5) is 5.69 Å². The standard InChI is InChI=1S/C30H31Cl4N3O4S/c1-20(30(39)35-22-9-4-2-5-10-22)36(18-24-25(32)13-8-14-26(24)33)29(38)19-37(28-16-15-21(31)17-27(28)34)42(40,41)23-11-6-3-7-12-23/h3,6-8,11-17,20,22H,2,4-5,9-10,18-19H2,1H3,(H,35,39)/t20-/m0/s1. The predicted octanol–water partition coefficient (Wildman–Crippen LogP) is 7.36. The zero-order chi connectivity index (χ0) is 30.4. The number of nitrogens with one attached hydrogen (secondary N) is 1. The Hall–Kier alpha value is -2.49. The van der Waals surface area contributed by atoms with E-state index in [9.17, 15) is 18.0 Å². The summed E-state index contributed by atoms with van der Waals surface area (Å²) in [6.45, 7) is 0.831. The van der Waals surface area contributed by atoms with Crippen LogP contribution in [0.3, 0.4) is 0 Å². The monoisotopic (exact) mass is 669 g/mol. The van der Waals surface area contributed by atoms with Gasteiger partial charge in [0.2, 0.25) is 11.8 Å². The van der Waals surface area contributed by atoms with E-state index in [1.54, 1.807) is 43.3 Å². The van der Waals surface area contributed by atoms with Crippen LogP contribution in [-0.4, -0.2) is 43.8 Å². The van der Waals surface area contributed by atoms with Crippen molar-refractivity contribution in [2.75, 3.05) is 10.8 Å². The summed E-state index contributed by atoms with van der Waals surface area (Å²) >= 11 is 25.4. The molecule has 1 fully saturated rings. The van der Waals surface area contributed by atoms with E-state index in [4.69, 9.17) is 46.4 Å². The molecule has 1 aliphatic carbocycles. The Bertz CT molecular complexity index is 1510. The normalized spacial score (nSPS) is 14.7. The second kappa shape index (κ2) is 14.3. The first kappa shape index (κ1) is 32.4. The van der Waals surface area contributed by atoms with E-state index in [2.05, 4.69) is 5.32 Å². The van der Waals surface area contributed by atoms with Crippen molar-refractivity contribution in [2.24, 2.45) is 0 Å². The minimum absolute atomic E-state index is 0.0115. The molecular formula is C30H31Cl4N3O4S. The Morgan fingerprint density at radius 2 is 1.52 bits per heavy atom. The molecule has 0 heterocycles.